The monoisotopic (exact) mass is 143 g/mol. The summed E-state index contributed by atoms with van der Waals surface area (Å²) in [6.45, 7) is 0. The van der Waals surface area contributed by atoms with Crippen LogP contribution in [-0.2, 0) is 5.11 Å². The lowest BCUT2D eigenvalue weighted by atomic mass is 10.3. The maximum absolute atomic E-state index is 11.7. The average Bonchev–Trinajstić information content (AvgIpc) is 1.90. The molecular formula is C6H4FOS. The third-order valence-corrected chi connectivity index (χ3v) is 1.36. The molecule has 47 valence electrons. The zero-order valence-corrected chi connectivity index (χ0v) is 5.32. The van der Waals surface area contributed by atoms with E-state index in [9.17, 15) is 8.99 Å². The number of hydrogen-bond donors (Lipinski definition) is 0. The molecule has 0 N–H and O–H groups in total. The second-order valence-corrected chi connectivity index (χ2v) is 2.17. The van der Waals surface area contributed by atoms with Crippen LogP contribution >= 0.6 is 12.1 Å². The molecule has 0 aliphatic rings. The van der Waals surface area contributed by atoms with Crippen LogP contribution in [0.3, 0.4) is 0 Å². The molecule has 0 saturated heterocycles. The van der Waals surface area contributed by atoms with Crippen molar-refractivity contribution in [3.8, 4) is 5.75 Å². The summed E-state index contributed by atoms with van der Waals surface area (Å²) < 4.78 is 11.7. The third kappa shape index (κ3) is 1.61. The van der Waals surface area contributed by atoms with E-state index in [1.54, 1.807) is 0 Å². The molecule has 0 aliphatic heterocycles. The van der Waals surface area contributed by atoms with Crippen LogP contribution < -0.4 is 0 Å². The number of benzene rings is 1. The number of halogens is 1. The molecule has 1 nitrogen and oxygen atoms in total. The van der Waals surface area contributed by atoms with E-state index in [0.717, 1.165) is 0 Å². The predicted molar refractivity (Wildman–Crippen MR) is 33.5 cm³/mol. The maximum Gasteiger partial charge on any atom is 0.178 e. The van der Waals surface area contributed by atoms with Crippen LogP contribution in [0.1, 0.15) is 0 Å². The Labute approximate surface area is 56.8 Å². The van der Waals surface area contributed by atoms with Gasteiger partial charge in [-0.25, -0.2) is 0 Å². The van der Waals surface area contributed by atoms with Gasteiger partial charge < -0.3 is 0 Å². The second-order valence-electron chi connectivity index (χ2n) is 1.55. The van der Waals surface area contributed by atoms with Gasteiger partial charge in [-0.2, -0.15) is 3.89 Å². The van der Waals surface area contributed by atoms with Crippen molar-refractivity contribution in [2.45, 2.75) is 4.90 Å². The summed E-state index contributed by atoms with van der Waals surface area (Å²) in [4.78, 5) is 0.467. The first-order valence-electron chi connectivity index (χ1n) is 2.38. The van der Waals surface area contributed by atoms with Crippen molar-refractivity contribution in [2.24, 2.45) is 0 Å². The lowest BCUT2D eigenvalue weighted by molar-refractivity contribution is 0.354. The smallest absolute Gasteiger partial charge is 0.178 e. The Kier molecular flexibility index (Phi) is 1.95. The van der Waals surface area contributed by atoms with Crippen molar-refractivity contribution in [3.05, 3.63) is 24.3 Å². The maximum atomic E-state index is 11.7. The van der Waals surface area contributed by atoms with Crippen LogP contribution in [0.5, 0.6) is 5.75 Å². The summed E-state index contributed by atoms with van der Waals surface area (Å²) in [6, 6.07) is 5.57. The number of rotatable bonds is 1. The summed E-state index contributed by atoms with van der Waals surface area (Å²) >= 11 is 0.139. The minimum atomic E-state index is -0.0900. The van der Waals surface area contributed by atoms with Crippen molar-refractivity contribution in [3.63, 3.8) is 0 Å². The van der Waals surface area contributed by atoms with E-state index in [1.165, 1.54) is 24.3 Å². The van der Waals surface area contributed by atoms with Gasteiger partial charge in [-0.15, -0.1) is 0 Å². The Morgan fingerprint density at radius 1 is 1.22 bits per heavy atom. The first-order valence-corrected chi connectivity index (χ1v) is 3.10. The minimum Gasteiger partial charge on any atom is -0.290 e. The Hall–Kier alpha value is -0.700. The molecule has 3 heteroatoms. The average molecular weight is 143 g/mol. The van der Waals surface area contributed by atoms with Crippen LogP contribution in [0.4, 0.5) is 3.89 Å². The molecule has 0 heterocycles. The topological polar surface area (TPSA) is 19.9 Å². The summed E-state index contributed by atoms with van der Waals surface area (Å²) in [5.41, 5.74) is 0. The van der Waals surface area contributed by atoms with Crippen LogP contribution in [0.25, 0.3) is 0 Å². The molecule has 0 atom stereocenters. The molecule has 1 radical (unpaired) electrons. The fourth-order valence-corrected chi connectivity index (χ4v) is 0.730. The largest absolute Gasteiger partial charge is 0.290 e. The SMILES string of the molecule is [O]c1ccc(SF)cc1. The van der Waals surface area contributed by atoms with E-state index in [0.29, 0.717) is 4.90 Å². The van der Waals surface area contributed by atoms with E-state index in [4.69, 9.17) is 0 Å². The molecule has 0 spiro atoms. The first-order chi connectivity index (χ1) is 4.33. The zero-order valence-electron chi connectivity index (χ0n) is 4.50. The van der Waals surface area contributed by atoms with Gasteiger partial charge in [-0.1, -0.05) is 0 Å². The Morgan fingerprint density at radius 2 is 1.78 bits per heavy atom. The molecule has 1 rings (SSSR count). The van der Waals surface area contributed by atoms with Crippen molar-refractivity contribution in [2.75, 3.05) is 0 Å². The van der Waals surface area contributed by atoms with Gasteiger partial charge in [0.25, 0.3) is 0 Å². The van der Waals surface area contributed by atoms with Gasteiger partial charge in [0.15, 0.2) is 5.75 Å². The summed E-state index contributed by atoms with van der Waals surface area (Å²) in [6.07, 6.45) is 0. The standard InChI is InChI=1S/C6H4FOS/c7-9-6-3-1-5(8)2-4-6/h1-4H. The Balaban J connectivity index is 2.88. The van der Waals surface area contributed by atoms with Gasteiger partial charge in [-0.05, 0) is 24.3 Å². The Bertz CT molecular complexity index is 185. The highest BCUT2D eigenvalue weighted by atomic mass is 32.2. The van der Waals surface area contributed by atoms with Gasteiger partial charge in [0.05, 0.1) is 12.1 Å². The summed E-state index contributed by atoms with van der Waals surface area (Å²) in [5.74, 6) is -0.0900. The van der Waals surface area contributed by atoms with Gasteiger partial charge in [0.1, 0.15) is 0 Å². The molecule has 0 unspecified atom stereocenters. The second kappa shape index (κ2) is 2.73. The van der Waals surface area contributed by atoms with Crippen molar-refractivity contribution in [1.82, 2.24) is 0 Å². The normalized spacial score (nSPS) is 9.44. The highest BCUT2D eigenvalue weighted by Crippen LogP contribution is 2.20. The van der Waals surface area contributed by atoms with E-state index < -0.39 is 0 Å². The molecule has 1 aromatic rings. The van der Waals surface area contributed by atoms with Gasteiger partial charge in [-0.3, -0.25) is 5.11 Å². The van der Waals surface area contributed by atoms with Crippen LogP contribution in [0.2, 0.25) is 0 Å². The third-order valence-electron chi connectivity index (χ3n) is 0.913. The van der Waals surface area contributed by atoms with Crippen molar-refractivity contribution in [1.29, 1.82) is 0 Å². The van der Waals surface area contributed by atoms with Crippen molar-refractivity contribution >= 4 is 12.1 Å². The molecule has 0 fully saturated rings. The molecule has 0 aromatic heterocycles. The lowest BCUT2D eigenvalue weighted by Gasteiger charge is -1.88. The molecule has 9 heavy (non-hydrogen) atoms. The highest BCUT2D eigenvalue weighted by Gasteiger charge is 1.91. The molecule has 0 bridgehead atoms. The van der Waals surface area contributed by atoms with Gasteiger partial charge >= 0.3 is 0 Å². The van der Waals surface area contributed by atoms with Crippen LogP contribution in [-0.4, -0.2) is 0 Å². The van der Waals surface area contributed by atoms with Gasteiger partial charge in [0.2, 0.25) is 0 Å². The van der Waals surface area contributed by atoms with E-state index >= 15 is 0 Å². The Morgan fingerprint density at radius 3 is 2.22 bits per heavy atom. The van der Waals surface area contributed by atoms with Crippen LogP contribution in [0, 0.1) is 0 Å². The quantitative estimate of drug-likeness (QED) is 0.591. The molecular weight excluding hydrogens is 139 g/mol. The van der Waals surface area contributed by atoms with E-state index in [-0.39, 0.29) is 17.9 Å². The van der Waals surface area contributed by atoms with E-state index in [2.05, 4.69) is 0 Å². The number of hydrogen-bond acceptors (Lipinski definition) is 1. The fraction of sp³-hybridized carbons (Fsp3) is 0. The molecule has 0 amide bonds. The first kappa shape index (κ1) is 6.42. The highest BCUT2D eigenvalue weighted by molar-refractivity contribution is 7.94. The lowest BCUT2D eigenvalue weighted by Crippen LogP contribution is -1.63. The molecule has 0 aliphatic carbocycles. The minimum absolute atomic E-state index is 0.0900. The summed E-state index contributed by atoms with van der Waals surface area (Å²) in [7, 11) is 0. The van der Waals surface area contributed by atoms with Gasteiger partial charge in [0, 0.05) is 4.90 Å². The summed E-state index contributed by atoms with van der Waals surface area (Å²) in [5, 5.41) is 10.4. The van der Waals surface area contributed by atoms with Crippen molar-refractivity contribution < 1.29 is 8.99 Å². The fourth-order valence-electron chi connectivity index (χ4n) is 0.491. The molecule has 1 aromatic carbocycles. The molecule has 0 saturated carbocycles. The van der Waals surface area contributed by atoms with E-state index in [1.807, 2.05) is 0 Å². The predicted octanol–water partition coefficient (Wildman–Crippen LogP) is 2.81. The zero-order chi connectivity index (χ0) is 6.69. The van der Waals surface area contributed by atoms with Crippen LogP contribution in [0.15, 0.2) is 29.2 Å².